The summed E-state index contributed by atoms with van der Waals surface area (Å²) in [5.74, 6) is 0.983. The van der Waals surface area contributed by atoms with Gasteiger partial charge in [-0.3, -0.25) is 9.59 Å². The minimum absolute atomic E-state index is 0.0235. The zero-order valence-corrected chi connectivity index (χ0v) is 13.8. The Labute approximate surface area is 136 Å². The van der Waals surface area contributed by atoms with Gasteiger partial charge in [-0.15, -0.1) is 0 Å². The summed E-state index contributed by atoms with van der Waals surface area (Å²) in [6.45, 7) is 3.25. The van der Waals surface area contributed by atoms with Gasteiger partial charge in [0, 0.05) is 37.7 Å². The van der Waals surface area contributed by atoms with E-state index in [0.717, 1.165) is 37.9 Å². The van der Waals surface area contributed by atoms with E-state index in [1.807, 2.05) is 17.9 Å². The first-order valence-corrected chi connectivity index (χ1v) is 8.32. The molecule has 3 rings (SSSR count). The van der Waals surface area contributed by atoms with Crippen LogP contribution in [-0.4, -0.2) is 34.6 Å². The molecule has 0 bridgehead atoms. The lowest BCUT2D eigenvalue weighted by Gasteiger charge is -2.24. The van der Waals surface area contributed by atoms with E-state index in [9.17, 15) is 9.59 Å². The van der Waals surface area contributed by atoms with Gasteiger partial charge in [-0.05, 0) is 32.3 Å². The number of carbonyl (C=O) groups excluding carboxylic acids is 1. The van der Waals surface area contributed by atoms with Crippen molar-refractivity contribution in [3.05, 3.63) is 40.3 Å². The summed E-state index contributed by atoms with van der Waals surface area (Å²) in [4.78, 5) is 26.3. The molecule has 1 aliphatic carbocycles. The summed E-state index contributed by atoms with van der Waals surface area (Å²) in [6, 6.07) is 3.39. The molecule has 2 unspecified atom stereocenters. The molecule has 2 atom stereocenters. The second kappa shape index (κ2) is 6.60. The molecular weight excluding hydrogens is 292 g/mol. The average Bonchev–Trinajstić information content (AvgIpc) is 3.01. The van der Waals surface area contributed by atoms with Crippen molar-refractivity contribution in [2.45, 2.75) is 38.7 Å². The maximum absolute atomic E-state index is 12.5. The van der Waals surface area contributed by atoms with Gasteiger partial charge in [-0.2, -0.15) is 0 Å². The fourth-order valence-corrected chi connectivity index (χ4v) is 3.30. The lowest BCUT2D eigenvalue weighted by atomic mass is 9.93. The van der Waals surface area contributed by atoms with E-state index in [-0.39, 0.29) is 23.5 Å². The zero-order valence-electron chi connectivity index (χ0n) is 13.8. The van der Waals surface area contributed by atoms with E-state index >= 15 is 0 Å². The minimum atomic E-state index is -0.0695. The Hall–Kier alpha value is -2.04. The molecule has 1 aliphatic heterocycles. The molecule has 0 N–H and O–H groups in total. The van der Waals surface area contributed by atoms with E-state index in [1.54, 1.807) is 11.6 Å². The first kappa shape index (κ1) is 15.8. The number of aromatic nitrogens is 1. The molecule has 124 valence electrons. The molecule has 1 aromatic heterocycles. The number of ether oxygens (including phenoxy) is 1. The number of likely N-dealkylation sites (tertiary alicyclic amines) is 1. The third-order valence-electron chi connectivity index (χ3n) is 4.85. The number of amides is 1. The Morgan fingerprint density at radius 1 is 1.26 bits per heavy atom. The molecule has 0 spiro atoms. The standard InChI is InChI=1S/C18H24N2O3/c1-13-10-16(11-17(21)19(13)2)23-15-8-9-20(12-15)18(22)14-6-4-3-5-7-14/h3-4,10-11,14-15H,5-9,12H2,1-2H3. The van der Waals surface area contributed by atoms with Crippen molar-refractivity contribution in [3.63, 3.8) is 0 Å². The SMILES string of the molecule is Cc1cc(OC2CCN(C(=O)C3CC=CCC3)C2)cc(=O)n1C. The van der Waals surface area contributed by atoms with Crippen LogP contribution in [0.15, 0.2) is 29.1 Å². The first-order chi connectivity index (χ1) is 11.0. The second-order valence-corrected chi connectivity index (χ2v) is 6.52. The van der Waals surface area contributed by atoms with Gasteiger partial charge in [-0.25, -0.2) is 0 Å². The summed E-state index contributed by atoms with van der Waals surface area (Å²) in [5.41, 5.74) is 0.798. The van der Waals surface area contributed by atoms with Gasteiger partial charge >= 0.3 is 0 Å². The number of carbonyl (C=O) groups is 1. The third-order valence-corrected chi connectivity index (χ3v) is 4.85. The van der Waals surface area contributed by atoms with Crippen LogP contribution in [0.25, 0.3) is 0 Å². The number of nitrogens with zero attached hydrogens (tertiary/aromatic N) is 2. The highest BCUT2D eigenvalue weighted by atomic mass is 16.5. The molecule has 5 nitrogen and oxygen atoms in total. The summed E-state index contributed by atoms with van der Waals surface area (Å²) in [6.07, 6.45) is 7.86. The van der Waals surface area contributed by atoms with Gasteiger partial charge in [0.15, 0.2) is 0 Å². The van der Waals surface area contributed by atoms with Crippen LogP contribution in [0, 0.1) is 12.8 Å². The minimum Gasteiger partial charge on any atom is -0.488 e. The van der Waals surface area contributed by atoms with E-state index in [0.29, 0.717) is 12.3 Å². The van der Waals surface area contributed by atoms with Crippen molar-refractivity contribution in [1.82, 2.24) is 9.47 Å². The summed E-state index contributed by atoms with van der Waals surface area (Å²) in [7, 11) is 1.75. The Kier molecular flexibility index (Phi) is 4.55. The van der Waals surface area contributed by atoms with Crippen LogP contribution in [0.1, 0.15) is 31.4 Å². The molecular formula is C18H24N2O3. The van der Waals surface area contributed by atoms with Crippen molar-refractivity contribution in [2.75, 3.05) is 13.1 Å². The van der Waals surface area contributed by atoms with Crippen molar-refractivity contribution >= 4 is 5.91 Å². The highest BCUT2D eigenvalue weighted by Gasteiger charge is 2.31. The zero-order chi connectivity index (χ0) is 16.4. The lowest BCUT2D eigenvalue weighted by Crippen LogP contribution is -2.36. The van der Waals surface area contributed by atoms with Crippen LogP contribution < -0.4 is 10.3 Å². The average molecular weight is 316 g/mol. The molecule has 23 heavy (non-hydrogen) atoms. The highest BCUT2D eigenvalue weighted by Crippen LogP contribution is 2.24. The van der Waals surface area contributed by atoms with Crippen molar-refractivity contribution < 1.29 is 9.53 Å². The molecule has 1 aromatic rings. The lowest BCUT2D eigenvalue weighted by molar-refractivity contribution is -0.135. The number of allylic oxidation sites excluding steroid dienone is 2. The van der Waals surface area contributed by atoms with Gasteiger partial charge in [0.25, 0.3) is 5.56 Å². The highest BCUT2D eigenvalue weighted by molar-refractivity contribution is 5.79. The second-order valence-electron chi connectivity index (χ2n) is 6.52. The fourth-order valence-electron chi connectivity index (χ4n) is 3.30. The molecule has 1 fully saturated rings. The summed E-state index contributed by atoms with van der Waals surface area (Å²) < 4.78 is 7.53. The molecule has 2 aliphatic rings. The van der Waals surface area contributed by atoms with Gasteiger partial charge in [0.2, 0.25) is 5.91 Å². The van der Waals surface area contributed by atoms with Crippen LogP contribution >= 0.6 is 0 Å². The quantitative estimate of drug-likeness (QED) is 0.802. The molecule has 0 saturated carbocycles. The molecule has 2 heterocycles. The monoisotopic (exact) mass is 316 g/mol. The molecule has 0 radical (unpaired) electrons. The maximum Gasteiger partial charge on any atom is 0.254 e. The summed E-state index contributed by atoms with van der Waals surface area (Å²) >= 11 is 0. The topological polar surface area (TPSA) is 51.5 Å². The van der Waals surface area contributed by atoms with Crippen LogP contribution in [0.2, 0.25) is 0 Å². The van der Waals surface area contributed by atoms with Crippen LogP contribution in [0.4, 0.5) is 0 Å². The molecule has 0 aromatic carbocycles. The Morgan fingerprint density at radius 2 is 2.09 bits per heavy atom. The van der Waals surface area contributed by atoms with E-state index in [2.05, 4.69) is 12.2 Å². The number of rotatable bonds is 3. The number of hydrogen-bond acceptors (Lipinski definition) is 3. The van der Waals surface area contributed by atoms with Crippen LogP contribution in [-0.2, 0) is 11.8 Å². The summed E-state index contributed by atoms with van der Waals surface area (Å²) in [5, 5.41) is 0. The Bertz CT molecular complexity index is 677. The molecule has 1 saturated heterocycles. The maximum atomic E-state index is 12.5. The predicted molar refractivity (Wildman–Crippen MR) is 88.5 cm³/mol. The molecule has 5 heteroatoms. The largest absolute Gasteiger partial charge is 0.488 e. The van der Waals surface area contributed by atoms with E-state index in [4.69, 9.17) is 4.74 Å². The van der Waals surface area contributed by atoms with Crippen LogP contribution in [0.5, 0.6) is 5.75 Å². The van der Waals surface area contributed by atoms with Crippen LogP contribution in [0.3, 0.4) is 0 Å². The molecule has 1 amide bonds. The predicted octanol–water partition coefficient (Wildman–Crippen LogP) is 2.03. The smallest absolute Gasteiger partial charge is 0.254 e. The van der Waals surface area contributed by atoms with Gasteiger partial charge in [0.05, 0.1) is 6.54 Å². The van der Waals surface area contributed by atoms with Crippen molar-refractivity contribution in [2.24, 2.45) is 13.0 Å². The Balaban J connectivity index is 1.60. The number of aryl methyl sites for hydroxylation is 1. The third kappa shape index (κ3) is 3.49. The van der Waals surface area contributed by atoms with Crippen molar-refractivity contribution in [3.8, 4) is 5.75 Å². The van der Waals surface area contributed by atoms with Crippen molar-refractivity contribution in [1.29, 1.82) is 0 Å². The Morgan fingerprint density at radius 3 is 2.78 bits per heavy atom. The van der Waals surface area contributed by atoms with E-state index in [1.165, 1.54) is 6.07 Å². The fraction of sp³-hybridized carbons (Fsp3) is 0.556. The number of pyridine rings is 1. The van der Waals surface area contributed by atoms with Gasteiger partial charge < -0.3 is 14.2 Å². The van der Waals surface area contributed by atoms with Gasteiger partial charge in [0.1, 0.15) is 11.9 Å². The first-order valence-electron chi connectivity index (χ1n) is 8.32. The normalized spacial score (nSPS) is 24.0. The van der Waals surface area contributed by atoms with Gasteiger partial charge in [-0.1, -0.05) is 12.2 Å². The van der Waals surface area contributed by atoms with E-state index < -0.39 is 0 Å². The number of hydrogen-bond donors (Lipinski definition) is 0.